The van der Waals surface area contributed by atoms with Crippen LogP contribution in [-0.2, 0) is 0 Å². The number of hydrogen-bond donors (Lipinski definition) is 1. The van der Waals surface area contributed by atoms with Gasteiger partial charge in [-0.3, -0.25) is 4.79 Å². The molecule has 0 amide bonds. The first-order valence-electron chi connectivity index (χ1n) is 4.30. The molecule has 5 heteroatoms. The van der Waals surface area contributed by atoms with Gasteiger partial charge in [-0.15, -0.1) is 0 Å². The summed E-state index contributed by atoms with van der Waals surface area (Å²) in [5, 5.41) is 0.473. The van der Waals surface area contributed by atoms with Crippen molar-refractivity contribution in [3.05, 3.63) is 27.7 Å². The van der Waals surface area contributed by atoms with Gasteiger partial charge in [0.2, 0.25) is 0 Å². The molecule has 2 aromatic rings. The van der Waals surface area contributed by atoms with Crippen LogP contribution in [0.15, 0.2) is 4.79 Å². The predicted octanol–water partition coefficient (Wildman–Crippen LogP) is 0.638. The molecule has 0 aliphatic rings. The summed E-state index contributed by atoms with van der Waals surface area (Å²) in [5.74, 6) is 1.20. The lowest BCUT2D eigenvalue weighted by molar-refractivity contribution is 0.985. The summed E-state index contributed by atoms with van der Waals surface area (Å²) in [6.45, 7) is 5.29. The van der Waals surface area contributed by atoms with Crippen LogP contribution in [0.5, 0.6) is 0 Å². The van der Waals surface area contributed by atoms with E-state index in [2.05, 4.69) is 19.9 Å². The van der Waals surface area contributed by atoms with Crippen molar-refractivity contribution in [2.24, 2.45) is 0 Å². The van der Waals surface area contributed by atoms with Crippen LogP contribution in [-0.4, -0.2) is 19.9 Å². The lowest BCUT2D eigenvalue weighted by Crippen LogP contribution is -2.13. The summed E-state index contributed by atoms with van der Waals surface area (Å²) in [5.41, 5.74) is 0.961. The number of aromatic amines is 1. The molecular weight excluding hydrogens is 180 g/mol. The van der Waals surface area contributed by atoms with Crippen LogP contribution in [0.1, 0.15) is 17.3 Å². The molecule has 0 spiro atoms. The molecule has 0 aliphatic heterocycles. The highest BCUT2D eigenvalue weighted by Gasteiger charge is 2.07. The van der Waals surface area contributed by atoms with E-state index >= 15 is 0 Å². The Kier molecular flexibility index (Phi) is 1.80. The number of aryl methyl sites for hydroxylation is 3. The summed E-state index contributed by atoms with van der Waals surface area (Å²) in [7, 11) is 0. The monoisotopic (exact) mass is 190 g/mol. The van der Waals surface area contributed by atoms with E-state index in [9.17, 15) is 4.79 Å². The fourth-order valence-corrected chi connectivity index (χ4v) is 1.45. The molecule has 72 valence electrons. The van der Waals surface area contributed by atoms with E-state index < -0.39 is 0 Å². The van der Waals surface area contributed by atoms with Gasteiger partial charge in [0.15, 0.2) is 5.65 Å². The van der Waals surface area contributed by atoms with Crippen LogP contribution in [0.2, 0.25) is 0 Å². The molecule has 0 atom stereocenters. The van der Waals surface area contributed by atoms with Crippen molar-refractivity contribution < 1.29 is 0 Å². The molecule has 0 aromatic carbocycles. The van der Waals surface area contributed by atoms with Crippen LogP contribution in [0.25, 0.3) is 11.0 Å². The van der Waals surface area contributed by atoms with Crippen LogP contribution >= 0.6 is 0 Å². The van der Waals surface area contributed by atoms with Crippen LogP contribution < -0.4 is 5.56 Å². The summed E-state index contributed by atoms with van der Waals surface area (Å²) < 4.78 is 0. The van der Waals surface area contributed by atoms with Crippen LogP contribution in [0.3, 0.4) is 0 Å². The van der Waals surface area contributed by atoms with Gasteiger partial charge in [0.25, 0.3) is 5.56 Å². The molecule has 0 saturated carbocycles. The lowest BCUT2D eigenvalue weighted by atomic mass is 10.3. The third kappa shape index (κ3) is 1.26. The van der Waals surface area contributed by atoms with Crippen molar-refractivity contribution in [3.8, 4) is 0 Å². The summed E-state index contributed by atoms with van der Waals surface area (Å²) in [4.78, 5) is 26.6. The van der Waals surface area contributed by atoms with Crippen molar-refractivity contribution >= 4 is 11.0 Å². The van der Waals surface area contributed by atoms with Crippen molar-refractivity contribution in [3.63, 3.8) is 0 Å². The standard InChI is InChI=1S/C9H10N4O/c1-4-7-8(11-5(2)10-4)12-6(3)13-9(7)14/h1-3H3,(H,10,11,12,13,14). The molecule has 0 bridgehead atoms. The van der Waals surface area contributed by atoms with Gasteiger partial charge in [-0.2, -0.15) is 0 Å². The Hall–Kier alpha value is -1.78. The third-order valence-electron chi connectivity index (χ3n) is 1.98. The van der Waals surface area contributed by atoms with Gasteiger partial charge in [0, 0.05) is 0 Å². The molecule has 1 N–H and O–H groups in total. The normalized spacial score (nSPS) is 10.8. The van der Waals surface area contributed by atoms with Gasteiger partial charge in [0.05, 0.1) is 5.69 Å². The van der Waals surface area contributed by atoms with E-state index in [1.165, 1.54) is 0 Å². The number of hydrogen-bond acceptors (Lipinski definition) is 4. The van der Waals surface area contributed by atoms with Gasteiger partial charge in [0.1, 0.15) is 17.0 Å². The van der Waals surface area contributed by atoms with Crippen molar-refractivity contribution in [1.29, 1.82) is 0 Å². The van der Waals surface area contributed by atoms with Gasteiger partial charge >= 0.3 is 0 Å². The molecule has 0 fully saturated rings. The maximum atomic E-state index is 11.6. The Morgan fingerprint density at radius 3 is 2.50 bits per heavy atom. The van der Waals surface area contributed by atoms with Crippen molar-refractivity contribution in [2.45, 2.75) is 20.8 Å². The molecule has 2 heterocycles. The number of rotatable bonds is 0. The lowest BCUT2D eigenvalue weighted by Gasteiger charge is -2.01. The highest BCUT2D eigenvalue weighted by molar-refractivity contribution is 5.75. The molecule has 0 unspecified atom stereocenters. The average Bonchev–Trinajstić information content (AvgIpc) is 1.99. The van der Waals surface area contributed by atoms with Crippen molar-refractivity contribution in [1.82, 2.24) is 19.9 Å². The van der Waals surface area contributed by atoms with E-state index in [-0.39, 0.29) is 5.56 Å². The van der Waals surface area contributed by atoms with Gasteiger partial charge < -0.3 is 4.98 Å². The first-order chi connectivity index (χ1) is 6.58. The zero-order chi connectivity index (χ0) is 10.3. The van der Waals surface area contributed by atoms with Gasteiger partial charge in [-0.05, 0) is 20.8 Å². The predicted molar refractivity (Wildman–Crippen MR) is 52.2 cm³/mol. The zero-order valence-corrected chi connectivity index (χ0v) is 8.25. The van der Waals surface area contributed by atoms with Gasteiger partial charge in [-0.25, -0.2) is 15.0 Å². The maximum Gasteiger partial charge on any atom is 0.262 e. The Bertz CT molecular complexity index is 553. The van der Waals surface area contributed by atoms with Crippen LogP contribution in [0.4, 0.5) is 0 Å². The second kappa shape index (κ2) is 2.87. The Morgan fingerprint density at radius 1 is 1.07 bits per heavy atom. The molecule has 5 nitrogen and oxygen atoms in total. The van der Waals surface area contributed by atoms with E-state index in [4.69, 9.17) is 0 Å². The fourth-order valence-electron chi connectivity index (χ4n) is 1.45. The second-order valence-corrected chi connectivity index (χ2v) is 3.21. The van der Waals surface area contributed by atoms with E-state index in [1.807, 2.05) is 0 Å². The average molecular weight is 190 g/mol. The Morgan fingerprint density at radius 2 is 1.79 bits per heavy atom. The summed E-state index contributed by atoms with van der Waals surface area (Å²) in [6, 6.07) is 0. The maximum absolute atomic E-state index is 11.6. The minimum Gasteiger partial charge on any atom is -0.310 e. The van der Waals surface area contributed by atoms with Gasteiger partial charge in [-0.1, -0.05) is 0 Å². The largest absolute Gasteiger partial charge is 0.310 e. The zero-order valence-electron chi connectivity index (χ0n) is 8.25. The molecular formula is C9H10N4O. The number of aromatic nitrogens is 4. The molecule has 14 heavy (non-hydrogen) atoms. The smallest absolute Gasteiger partial charge is 0.262 e. The quantitative estimate of drug-likeness (QED) is 0.661. The molecule has 0 saturated heterocycles. The topological polar surface area (TPSA) is 71.5 Å². The minimum absolute atomic E-state index is 0.176. The third-order valence-corrected chi connectivity index (χ3v) is 1.98. The number of nitrogens with one attached hydrogen (secondary N) is 1. The second-order valence-electron chi connectivity index (χ2n) is 3.21. The molecule has 2 aromatic heterocycles. The summed E-state index contributed by atoms with van der Waals surface area (Å²) in [6.07, 6.45) is 0. The highest BCUT2D eigenvalue weighted by Crippen LogP contribution is 2.07. The molecule has 0 aliphatic carbocycles. The first kappa shape index (κ1) is 8.80. The Labute approximate surface area is 80.2 Å². The highest BCUT2D eigenvalue weighted by atomic mass is 16.1. The minimum atomic E-state index is -0.176. The number of H-pyrrole nitrogens is 1. The number of nitrogens with zero attached hydrogens (tertiary/aromatic N) is 3. The molecule has 0 radical (unpaired) electrons. The van der Waals surface area contributed by atoms with E-state index in [1.54, 1.807) is 20.8 Å². The van der Waals surface area contributed by atoms with Crippen LogP contribution in [0, 0.1) is 20.8 Å². The number of fused-ring (bicyclic) bond motifs is 1. The first-order valence-corrected chi connectivity index (χ1v) is 4.30. The summed E-state index contributed by atoms with van der Waals surface area (Å²) >= 11 is 0. The molecule has 2 rings (SSSR count). The fraction of sp³-hybridized carbons (Fsp3) is 0.333. The Balaban J connectivity index is 3.02. The van der Waals surface area contributed by atoms with E-state index in [0.29, 0.717) is 28.4 Å². The SMILES string of the molecule is Cc1nc(C)c2c(=O)[nH]c(C)nc2n1. The van der Waals surface area contributed by atoms with E-state index in [0.717, 1.165) is 0 Å². The van der Waals surface area contributed by atoms with Crippen molar-refractivity contribution in [2.75, 3.05) is 0 Å².